The second-order valence-electron chi connectivity index (χ2n) is 9.79. The molecule has 0 radical (unpaired) electrons. The number of aliphatic carboxylic acids is 1. The first-order chi connectivity index (χ1) is 19.0. The molecule has 2 rings (SSSR count). The van der Waals surface area contributed by atoms with Crippen molar-refractivity contribution in [3.05, 3.63) is 36.0 Å². The van der Waals surface area contributed by atoms with Crippen LogP contribution in [0, 0.1) is 5.92 Å². The lowest BCUT2D eigenvalue weighted by atomic mass is 9.96. The van der Waals surface area contributed by atoms with Crippen molar-refractivity contribution in [3.63, 3.8) is 0 Å². The van der Waals surface area contributed by atoms with Crippen LogP contribution >= 0.6 is 11.8 Å². The highest BCUT2D eigenvalue weighted by Gasteiger charge is 2.33. The van der Waals surface area contributed by atoms with Crippen LogP contribution in [0.3, 0.4) is 0 Å². The van der Waals surface area contributed by atoms with E-state index in [2.05, 4.69) is 20.9 Å². The van der Waals surface area contributed by atoms with Crippen LogP contribution in [0.2, 0.25) is 0 Å². The Bertz CT molecular complexity index is 1190. The van der Waals surface area contributed by atoms with Gasteiger partial charge in [-0.15, -0.1) is 0 Å². The normalized spacial score (nSPS) is 14.9. The quantitative estimate of drug-likeness (QED) is 0.142. The molecule has 1 aromatic carbocycles. The molecule has 220 valence electrons. The average Bonchev–Trinajstić information content (AvgIpc) is 3.33. The van der Waals surface area contributed by atoms with Gasteiger partial charge in [-0.3, -0.25) is 19.2 Å². The van der Waals surface area contributed by atoms with E-state index in [-0.39, 0.29) is 25.2 Å². The minimum absolute atomic E-state index is 0.0253. The monoisotopic (exact) mass is 576 g/mol. The fourth-order valence-corrected chi connectivity index (χ4v) is 4.64. The van der Waals surface area contributed by atoms with Crippen molar-refractivity contribution in [1.29, 1.82) is 0 Å². The fourth-order valence-electron chi connectivity index (χ4n) is 4.15. The van der Waals surface area contributed by atoms with Crippen molar-refractivity contribution < 1.29 is 29.1 Å². The first-order valence-electron chi connectivity index (χ1n) is 13.2. The fraction of sp³-hybridized carbons (Fsp3) is 0.519. The first-order valence-corrected chi connectivity index (χ1v) is 14.6. The third kappa shape index (κ3) is 9.56. The smallest absolute Gasteiger partial charge is 0.326 e. The van der Waals surface area contributed by atoms with Crippen LogP contribution < -0.4 is 27.4 Å². The molecule has 0 fully saturated rings. The molecular formula is C27H40N6O6S. The number of nitrogens with one attached hydrogen (secondary N) is 4. The van der Waals surface area contributed by atoms with Crippen LogP contribution in [0.15, 0.2) is 30.5 Å². The maximum atomic E-state index is 13.3. The summed E-state index contributed by atoms with van der Waals surface area (Å²) in [5.74, 6) is -3.54. The van der Waals surface area contributed by atoms with Crippen molar-refractivity contribution in [1.82, 2.24) is 20.9 Å². The minimum Gasteiger partial charge on any atom is -0.480 e. The number of thioether (sulfide) groups is 1. The van der Waals surface area contributed by atoms with Gasteiger partial charge in [0.05, 0.1) is 6.04 Å². The number of carboxylic acids is 1. The number of fused-ring (bicyclic) bond motifs is 1. The highest BCUT2D eigenvalue weighted by atomic mass is 32.2. The van der Waals surface area contributed by atoms with E-state index in [1.54, 1.807) is 13.1 Å². The lowest BCUT2D eigenvalue weighted by Gasteiger charge is -2.28. The molecule has 1 heterocycles. The molecule has 12 nitrogen and oxygen atoms in total. The number of amides is 4. The second-order valence-corrected chi connectivity index (χ2v) is 10.8. The highest BCUT2D eigenvalue weighted by Crippen LogP contribution is 2.19. The number of hydrogen-bond donors (Lipinski definition) is 7. The van der Waals surface area contributed by atoms with Gasteiger partial charge in [0.1, 0.15) is 18.1 Å². The molecule has 2 aromatic rings. The van der Waals surface area contributed by atoms with Gasteiger partial charge in [-0.25, -0.2) is 4.79 Å². The van der Waals surface area contributed by atoms with Crippen molar-refractivity contribution in [2.24, 2.45) is 17.4 Å². The predicted molar refractivity (Wildman–Crippen MR) is 154 cm³/mol. The van der Waals surface area contributed by atoms with Gasteiger partial charge in [-0.05, 0) is 42.4 Å². The molecule has 0 saturated carbocycles. The third-order valence-electron chi connectivity index (χ3n) is 6.79. The molecule has 5 atom stereocenters. The number of carbonyl (C=O) groups excluding carboxylic acids is 4. The largest absolute Gasteiger partial charge is 0.480 e. The Morgan fingerprint density at radius 3 is 2.30 bits per heavy atom. The zero-order valence-electron chi connectivity index (χ0n) is 23.1. The standard InChI is InChI=1S/C27H40N6O6S/c1-4-15(2)23(33-25(36)20(9-10-22(29)34)31-24(35)18(28)11-12-40-3)26(37)32-21(27(38)39)13-16-14-30-19-8-6-5-7-17(16)19/h5-8,14-15,18,20-21,23,30H,4,9-13,28H2,1-3H3,(H2,29,34)(H,31,35)(H,32,37)(H,33,36)(H,38,39). The summed E-state index contributed by atoms with van der Waals surface area (Å²) in [5, 5.41) is 18.5. The van der Waals surface area contributed by atoms with E-state index >= 15 is 0 Å². The lowest BCUT2D eigenvalue weighted by Crippen LogP contribution is -2.59. The number of aromatic amines is 1. The summed E-state index contributed by atoms with van der Waals surface area (Å²) < 4.78 is 0. The van der Waals surface area contributed by atoms with Crippen molar-refractivity contribution in [2.75, 3.05) is 12.0 Å². The second kappa shape index (κ2) is 15.9. The minimum atomic E-state index is -1.25. The van der Waals surface area contributed by atoms with E-state index in [1.807, 2.05) is 37.4 Å². The van der Waals surface area contributed by atoms with Crippen molar-refractivity contribution >= 4 is 52.3 Å². The van der Waals surface area contributed by atoms with Crippen LogP contribution in [-0.2, 0) is 30.4 Å². The Labute approximate surface area is 237 Å². The number of hydrogen-bond acceptors (Lipinski definition) is 7. The Morgan fingerprint density at radius 1 is 1.00 bits per heavy atom. The molecule has 0 spiro atoms. The van der Waals surface area contributed by atoms with E-state index in [4.69, 9.17) is 11.5 Å². The van der Waals surface area contributed by atoms with Crippen LogP contribution in [0.5, 0.6) is 0 Å². The number of carbonyl (C=O) groups is 5. The zero-order valence-corrected chi connectivity index (χ0v) is 23.9. The third-order valence-corrected chi connectivity index (χ3v) is 7.43. The van der Waals surface area contributed by atoms with Gasteiger partial charge in [-0.2, -0.15) is 11.8 Å². The van der Waals surface area contributed by atoms with Gasteiger partial charge in [-0.1, -0.05) is 38.5 Å². The first kappa shape index (κ1) is 32.6. The number of nitrogens with two attached hydrogens (primary N) is 2. The number of carboxylic acid groups (broad SMARTS) is 1. The molecule has 0 aliphatic carbocycles. The summed E-state index contributed by atoms with van der Waals surface area (Å²) in [7, 11) is 0. The highest BCUT2D eigenvalue weighted by molar-refractivity contribution is 7.98. The van der Waals surface area contributed by atoms with Crippen LogP contribution in [0.1, 0.15) is 45.1 Å². The van der Waals surface area contributed by atoms with E-state index in [1.165, 1.54) is 11.8 Å². The van der Waals surface area contributed by atoms with Gasteiger partial charge < -0.3 is 37.5 Å². The summed E-state index contributed by atoms with van der Waals surface area (Å²) in [4.78, 5) is 65.8. The molecule has 0 aliphatic rings. The van der Waals surface area contributed by atoms with Crippen LogP contribution in [-0.4, -0.2) is 75.9 Å². The molecule has 0 saturated heterocycles. The number of H-pyrrole nitrogens is 1. The summed E-state index contributed by atoms with van der Waals surface area (Å²) >= 11 is 1.52. The van der Waals surface area contributed by atoms with E-state index < -0.39 is 53.8 Å². The van der Waals surface area contributed by atoms with Crippen LogP contribution in [0.25, 0.3) is 10.9 Å². The Kier molecular flexibility index (Phi) is 12.9. The molecule has 13 heteroatoms. The SMILES string of the molecule is CCC(C)C(NC(=O)C(CCC(N)=O)NC(=O)C(N)CCSC)C(=O)NC(Cc1c[nH]c2ccccc12)C(=O)O. The Hall–Kier alpha value is -3.58. The van der Waals surface area contributed by atoms with Crippen molar-refractivity contribution in [3.8, 4) is 0 Å². The topological polar surface area (TPSA) is 209 Å². The molecule has 9 N–H and O–H groups in total. The average molecular weight is 577 g/mol. The molecule has 5 unspecified atom stereocenters. The number of aromatic nitrogens is 1. The number of rotatable bonds is 17. The lowest BCUT2D eigenvalue weighted by molar-refractivity contribution is -0.142. The van der Waals surface area contributed by atoms with Gasteiger partial charge >= 0.3 is 5.97 Å². The van der Waals surface area contributed by atoms with Gasteiger partial charge in [0, 0.05) is 29.9 Å². The van der Waals surface area contributed by atoms with Gasteiger partial charge in [0.2, 0.25) is 23.6 Å². The number of benzene rings is 1. The molecule has 4 amide bonds. The Morgan fingerprint density at radius 2 is 1.68 bits per heavy atom. The van der Waals surface area contributed by atoms with E-state index in [0.717, 1.165) is 16.5 Å². The Balaban J connectivity index is 2.19. The molecule has 1 aromatic heterocycles. The molecule has 40 heavy (non-hydrogen) atoms. The summed E-state index contributed by atoms with van der Waals surface area (Å²) in [5.41, 5.74) is 12.8. The van der Waals surface area contributed by atoms with Crippen LogP contribution in [0.4, 0.5) is 0 Å². The van der Waals surface area contributed by atoms with Crippen molar-refractivity contribution in [2.45, 2.75) is 70.1 Å². The van der Waals surface area contributed by atoms with E-state index in [0.29, 0.717) is 18.6 Å². The maximum absolute atomic E-state index is 13.3. The summed E-state index contributed by atoms with van der Waals surface area (Å²) in [6.45, 7) is 3.57. The molecular weight excluding hydrogens is 536 g/mol. The van der Waals surface area contributed by atoms with Gasteiger partial charge in [0.25, 0.3) is 0 Å². The molecule has 0 bridgehead atoms. The predicted octanol–water partition coefficient (Wildman–Crippen LogP) is 0.641. The number of primary amides is 1. The number of para-hydroxylation sites is 1. The van der Waals surface area contributed by atoms with Gasteiger partial charge in [0.15, 0.2) is 0 Å². The summed E-state index contributed by atoms with van der Waals surface area (Å²) in [6.07, 6.45) is 4.23. The zero-order chi connectivity index (χ0) is 29.8. The summed E-state index contributed by atoms with van der Waals surface area (Å²) in [6, 6.07) is 3.05. The maximum Gasteiger partial charge on any atom is 0.326 e. The van der Waals surface area contributed by atoms with E-state index in [9.17, 15) is 29.1 Å². The molecule has 0 aliphatic heterocycles.